The highest BCUT2D eigenvalue weighted by Gasteiger charge is 2.08. The summed E-state index contributed by atoms with van der Waals surface area (Å²) >= 11 is 12.1. The van der Waals surface area contributed by atoms with Crippen LogP contribution in [0.4, 0.5) is 5.69 Å². The maximum Gasteiger partial charge on any atom is 0.122 e. The molecule has 1 atom stereocenters. The van der Waals surface area contributed by atoms with E-state index in [9.17, 15) is 0 Å². The van der Waals surface area contributed by atoms with E-state index in [2.05, 4.69) is 30.4 Å². The molecule has 0 saturated carbocycles. The van der Waals surface area contributed by atoms with Crippen molar-refractivity contribution in [3.8, 4) is 5.75 Å². The Labute approximate surface area is 136 Å². The lowest BCUT2D eigenvalue weighted by Crippen LogP contribution is -2.23. The molecule has 0 aliphatic rings. The zero-order valence-electron chi connectivity index (χ0n) is 12.4. The van der Waals surface area contributed by atoms with Crippen LogP contribution in [0.2, 0.25) is 10.0 Å². The fourth-order valence-electron chi connectivity index (χ4n) is 1.98. The van der Waals surface area contributed by atoms with Crippen LogP contribution in [0.3, 0.4) is 0 Å². The maximum atomic E-state index is 6.12. The van der Waals surface area contributed by atoms with Gasteiger partial charge in [0.1, 0.15) is 11.9 Å². The molecule has 1 unspecified atom stereocenters. The number of nitrogens with one attached hydrogen (secondary N) is 1. The summed E-state index contributed by atoms with van der Waals surface area (Å²) in [5, 5.41) is 4.58. The van der Waals surface area contributed by atoms with Gasteiger partial charge in [0.25, 0.3) is 0 Å². The first kappa shape index (κ1) is 16.0. The van der Waals surface area contributed by atoms with Gasteiger partial charge in [0.15, 0.2) is 0 Å². The molecule has 4 heteroatoms. The molecule has 2 aromatic rings. The van der Waals surface area contributed by atoms with Gasteiger partial charge in [-0.2, -0.15) is 0 Å². The van der Waals surface area contributed by atoms with Crippen molar-refractivity contribution in [1.29, 1.82) is 0 Å². The summed E-state index contributed by atoms with van der Waals surface area (Å²) in [6.07, 6.45) is 0.0144. The first-order valence-electron chi connectivity index (χ1n) is 6.88. The summed E-state index contributed by atoms with van der Waals surface area (Å²) < 4.78 is 5.98. The minimum Gasteiger partial charge on any atom is -0.489 e. The first-order chi connectivity index (χ1) is 9.95. The van der Waals surface area contributed by atoms with E-state index in [1.165, 1.54) is 5.56 Å². The van der Waals surface area contributed by atoms with Crippen molar-refractivity contribution >= 4 is 28.9 Å². The SMILES string of the molecule is Cc1ccc(C)c(OC(C)CNc2cc(Cl)ccc2Cl)c1. The first-order valence-corrected chi connectivity index (χ1v) is 7.64. The van der Waals surface area contributed by atoms with E-state index < -0.39 is 0 Å². The van der Waals surface area contributed by atoms with Gasteiger partial charge in [-0.15, -0.1) is 0 Å². The highest BCUT2D eigenvalue weighted by atomic mass is 35.5. The van der Waals surface area contributed by atoms with Gasteiger partial charge in [-0.05, 0) is 56.2 Å². The van der Waals surface area contributed by atoms with E-state index in [1.807, 2.05) is 19.9 Å². The number of anilines is 1. The Bertz CT molecular complexity index is 628. The lowest BCUT2D eigenvalue weighted by molar-refractivity contribution is 0.233. The van der Waals surface area contributed by atoms with E-state index in [0.29, 0.717) is 16.6 Å². The van der Waals surface area contributed by atoms with Gasteiger partial charge in [0, 0.05) is 5.02 Å². The average Bonchev–Trinajstić information content (AvgIpc) is 2.44. The third-order valence-electron chi connectivity index (χ3n) is 3.18. The molecule has 112 valence electrons. The molecule has 0 spiro atoms. The zero-order valence-corrected chi connectivity index (χ0v) is 13.9. The number of hydrogen-bond donors (Lipinski definition) is 1. The monoisotopic (exact) mass is 323 g/mol. The minimum atomic E-state index is 0.0144. The molecule has 0 amide bonds. The van der Waals surface area contributed by atoms with Crippen molar-refractivity contribution in [2.24, 2.45) is 0 Å². The summed E-state index contributed by atoms with van der Waals surface area (Å²) in [5.41, 5.74) is 3.14. The van der Waals surface area contributed by atoms with E-state index in [-0.39, 0.29) is 6.10 Å². The maximum absolute atomic E-state index is 6.12. The lowest BCUT2D eigenvalue weighted by atomic mass is 10.1. The second-order valence-electron chi connectivity index (χ2n) is 5.20. The molecular formula is C17H19Cl2NO. The zero-order chi connectivity index (χ0) is 15.4. The van der Waals surface area contributed by atoms with Crippen LogP contribution in [0, 0.1) is 13.8 Å². The Balaban J connectivity index is 1.97. The molecule has 21 heavy (non-hydrogen) atoms. The van der Waals surface area contributed by atoms with Crippen LogP contribution in [0.25, 0.3) is 0 Å². The highest BCUT2D eigenvalue weighted by Crippen LogP contribution is 2.26. The third-order valence-corrected chi connectivity index (χ3v) is 3.74. The van der Waals surface area contributed by atoms with Crippen LogP contribution in [-0.2, 0) is 0 Å². The van der Waals surface area contributed by atoms with Gasteiger partial charge in [0.2, 0.25) is 0 Å². The predicted molar refractivity (Wildman–Crippen MR) is 91.0 cm³/mol. The molecule has 2 nitrogen and oxygen atoms in total. The molecule has 0 bridgehead atoms. The van der Waals surface area contributed by atoms with Crippen LogP contribution in [0.5, 0.6) is 5.75 Å². The van der Waals surface area contributed by atoms with E-state index in [4.69, 9.17) is 27.9 Å². The van der Waals surface area contributed by atoms with Crippen LogP contribution in [0.1, 0.15) is 18.1 Å². The van der Waals surface area contributed by atoms with E-state index in [1.54, 1.807) is 12.1 Å². The Hall–Kier alpha value is -1.38. The summed E-state index contributed by atoms with van der Waals surface area (Å²) in [6, 6.07) is 11.6. The Kier molecular flexibility index (Phi) is 5.38. The fourth-order valence-corrected chi connectivity index (χ4v) is 2.34. The number of halogens is 2. The van der Waals surface area contributed by atoms with Crippen molar-refractivity contribution in [3.05, 3.63) is 57.6 Å². The predicted octanol–water partition coefficient (Wildman–Crippen LogP) is 5.49. The number of benzene rings is 2. The number of hydrogen-bond acceptors (Lipinski definition) is 2. The number of rotatable bonds is 5. The molecule has 0 aliphatic carbocycles. The molecule has 0 heterocycles. The summed E-state index contributed by atoms with van der Waals surface area (Å²) in [5.74, 6) is 0.918. The molecule has 2 aromatic carbocycles. The van der Waals surface area contributed by atoms with Gasteiger partial charge in [-0.3, -0.25) is 0 Å². The van der Waals surface area contributed by atoms with Crippen molar-refractivity contribution in [2.75, 3.05) is 11.9 Å². The Morgan fingerprint density at radius 3 is 2.62 bits per heavy atom. The van der Waals surface area contributed by atoms with Crippen LogP contribution in [0.15, 0.2) is 36.4 Å². The van der Waals surface area contributed by atoms with Crippen LogP contribution in [-0.4, -0.2) is 12.6 Å². The standard InChI is InChI=1S/C17H19Cl2NO/c1-11-4-5-12(2)17(8-11)21-13(3)10-20-16-9-14(18)6-7-15(16)19/h4-9,13,20H,10H2,1-3H3. The van der Waals surface area contributed by atoms with Gasteiger partial charge in [-0.25, -0.2) is 0 Å². The molecular weight excluding hydrogens is 305 g/mol. The second kappa shape index (κ2) is 7.06. The van der Waals surface area contributed by atoms with Crippen molar-refractivity contribution in [2.45, 2.75) is 26.9 Å². The highest BCUT2D eigenvalue weighted by molar-refractivity contribution is 6.35. The summed E-state index contributed by atoms with van der Waals surface area (Å²) in [7, 11) is 0. The largest absolute Gasteiger partial charge is 0.489 e. The molecule has 0 saturated heterocycles. The van der Waals surface area contributed by atoms with E-state index in [0.717, 1.165) is 17.0 Å². The van der Waals surface area contributed by atoms with Crippen LogP contribution < -0.4 is 10.1 Å². The normalized spacial score (nSPS) is 12.0. The van der Waals surface area contributed by atoms with Gasteiger partial charge in [-0.1, -0.05) is 35.3 Å². The number of aryl methyl sites for hydroxylation is 2. The van der Waals surface area contributed by atoms with Gasteiger partial charge in [0.05, 0.1) is 17.3 Å². The smallest absolute Gasteiger partial charge is 0.122 e. The van der Waals surface area contributed by atoms with E-state index >= 15 is 0 Å². The van der Waals surface area contributed by atoms with Gasteiger partial charge >= 0.3 is 0 Å². The van der Waals surface area contributed by atoms with Crippen molar-refractivity contribution in [3.63, 3.8) is 0 Å². The molecule has 1 N–H and O–H groups in total. The molecule has 0 fully saturated rings. The summed E-state index contributed by atoms with van der Waals surface area (Å²) in [4.78, 5) is 0. The molecule has 2 rings (SSSR count). The third kappa shape index (κ3) is 4.55. The Morgan fingerprint density at radius 1 is 1.10 bits per heavy atom. The molecule has 0 radical (unpaired) electrons. The topological polar surface area (TPSA) is 21.3 Å². The molecule has 0 aromatic heterocycles. The quantitative estimate of drug-likeness (QED) is 0.785. The van der Waals surface area contributed by atoms with Crippen LogP contribution >= 0.6 is 23.2 Å². The van der Waals surface area contributed by atoms with Crippen molar-refractivity contribution < 1.29 is 4.74 Å². The lowest BCUT2D eigenvalue weighted by Gasteiger charge is -2.18. The molecule has 0 aliphatic heterocycles. The average molecular weight is 324 g/mol. The second-order valence-corrected chi connectivity index (χ2v) is 6.05. The van der Waals surface area contributed by atoms with Gasteiger partial charge < -0.3 is 10.1 Å². The minimum absolute atomic E-state index is 0.0144. The van der Waals surface area contributed by atoms with Crippen molar-refractivity contribution in [1.82, 2.24) is 0 Å². The number of ether oxygens (including phenoxy) is 1. The Morgan fingerprint density at radius 2 is 1.86 bits per heavy atom. The summed E-state index contributed by atoms with van der Waals surface area (Å²) in [6.45, 7) is 6.77. The fraction of sp³-hybridized carbons (Fsp3) is 0.294.